The van der Waals surface area contributed by atoms with Crippen molar-refractivity contribution >= 4 is 17.6 Å². The molecule has 0 aliphatic rings. The summed E-state index contributed by atoms with van der Waals surface area (Å²) < 4.78 is 1.82. The van der Waals surface area contributed by atoms with Crippen LogP contribution in [0.4, 0.5) is 0 Å². The second kappa shape index (κ2) is 6.08. The van der Waals surface area contributed by atoms with Crippen molar-refractivity contribution in [1.82, 2.24) is 14.7 Å². The van der Waals surface area contributed by atoms with Crippen molar-refractivity contribution in [3.8, 4) is 0 Å². The summed E-state index contributed by atoms with van der Waals surface area (Å²) in [5.74, 6) is -0.165. The molecule has 23 heavy (non-hydrogen) atoms. The van der Waals surface area contributed by atoms with Crippen LogP contribution in [0.2, 0.25) is 0 Å². The van der Waals surface area contributed by atoms with Gasteiger partial charge >= 0.3 is 0 Å². The van der Waals surface area contributed by atoms with Crippen molar-refractivity contribution in [2.75, 3.05) is 0 Å². The van der Waals surface area contributed by atoms with Gasteiger partial charge in [-0.05, 0) is 50.1 Å². The molecule has 1 N–H and O–H groups in total. The average Bonchev–Trinajstić information content (AvgIpc) is 2.84. The van der Waals surface area contributed by atoms with E-state index in [4.69, 9.17) is 0 Å². The lowest BCUT2D eigenvalue weighted by atomic mass is 10.1. The van der Waals surface area contributed by atoms with Crippen LogP contribution in [0.1, 0.15) is 32.9 Å². The number of aryl methyl sites for hydroxylation is 3. The molecule has 0 bridgehead atoms. The van der Waals surface area contributed by atoms with Gasteiger partial charge in [-0.3, -0.25) is 9.20 Å². The van der Waals surface area contributed by atoms with Crippen LogP contribution in [0, 0.1) is 20.8 Å². The maximum atomic E-state index is 12.4. The fraction of sp³-hybridized carbons (Fsp3) is 0.158. The van der Waals surface area contributed by atoms with Crippen LogP contribution in [0.15, 0.2) is 48.8 Å². The number of pyridine rings is 1. The summed E-state index contributed by atoms with van der Waals surface area (Å²) in [6.45, 7) is 5.90. The van der Waals surface area contributed by atoms with E-state index in [1.165, 1.54) is 5.56 Å². The number of hydrogen-bond acceptors (Lipinski definition) is 2. The van der Waals surface area contributed by atoms with E-state index in [0.717, 1.165) is 22.5 Å². The molecule has 0 aliphatic carbocycles. The lowest BCUT2D eigenvalue weighted by molar-refractivity contribution is 0.0964. The summed E-state index contributed by atoms with van der Waals surface area (Å²) >= 11 is 0. The molecule has 0 spiro atoms. The first kappa shape index (κ1) is 15.0. The topological polar surface area (TPSA) is 46.4 Å². The normalized spacial score (nSPS) is 11.3. The molecular formula is C19H19N3O. The Bertz CT molecular complexity index is 889. The molecule has 0 aliphatic heterocycles. The Balaban J connectivity index is 1.81. The highest BCUT2D eigenvalue weighted by molar-refractivity contribution is 5.95. The first-order chi connectivity index (χ1) is 11.0. The van der Waals surface area contributed by atoms with Gasteiger partial charge in [-0.15, -0.1) is 0 Å². The number of fused-ring (bicyclic) bond motifs is 1. The molecular weight excluding hydrogens is 286 g/mol. The summed E-state index contributed by atoms with van der Waals surface area (Å²) in [5, 5.41) is 2.82. The molecule has 0 fully saturated rings. The van der Waals surface area contributed by atoms with Crippen LogP contribution >= 0.6 is 0 Å². The number of nitrogens with zero attached hydrogens (tertiary/aromatic N) is 2. The Morgan fingerprint density at radius 1 is 1.09 bits per heavy atom. The van der Waals surface area contributed by atoms with E-state index in [1.807, 2.05) is 73.8 Å². The van der Waals surface area contributed by atoms with Gasteiger partial charge in [0.1, 0.15) is 11.3 Å². The SMILES string of the molecule is Cc1ccc(C=CNC(=O)c2c(C)nc3cc(C)ccn23)cc1. The van der Waals surface area contributed by atoms with E-state index in [0.29, 0.717) is 5.69 Å². The fourth-order valence-corrected chi connectivity index (χ4v) is 2.50. The van der Waals surface area contributed by atoms with Crippen molar-refractivity contribution in [2.24, 2.45) is 0 Å². The second-order valence-corrected chi connectivity index (χ2v) is 5.70. The Labute approximate surface area is 135 Å². The van der Waals surface area contributed by atoms with Crippen LogP contribution in [-0.2, 0) is 0 Å². The lowest BCUT2D eigenvalue weighted by Gasteiger charge is -2.02. The van der Waals surface area contributed by atoms with E-state index < -0.39 is 0 Å². The van der Waals surface area contributed by atoms with E-state index in [2.05, 4.69) is 10.3 Å². The van der Waals surface area contributed by atoms with Crippen molar-refractivity contribution in [3.05, 3.63) is 76.9 Å². The predicted molar refractivity (Wildman–Crippen MR) is 92.3 cm³/mol. The molecule has 1 aromatic carbocycles. The van der Waals surface area contributed by atoms with Crippen molar-refractivity contribution in [2.45, 2.75) is 20.8 Å². The van der Waals surface area contributed by atoms with E-state index in [1.54, 1.807) is 6.20 Å². The summed E-state index contributed by atoms with van der Waals surface area (Å²) in [4.78, 5) is 16.9. The smallest absolute Gasteiger partial charge is 0.274 e. The standard InChI is InChI=1S/C19H19N3O/c1-13-4-6-16(7-5-13)8-10-20-19(23)18-15(3)21-17-12-14(2)9-11-22(17)18/h4-12H,1-3H3,(H,20,23). The van der Waals surface area contributed by atoms with Gasteiger partial charge in [-0.2, -0.15) is 0 Å². The largest absolute Gasteiger partial charge is 0.327 e. The zero-order chi connectivity index (χ0) is 16.4. The first-order valence-electron chi connectivity index (χ1n) is 7.54. The maximum Gasteiger partial charge on any atom is 0.274 e. The summed E-state index contributed by atoms with van der Waals surface area (Å²) in [5.41, 5.74) is 5.44. The van der Waals surface area contributed by atoms with Crippen molar-refractivity contribution in [1.29, 1.82) is 0 Å². The highest BCUT2D eigenvalue weighted by Crippen LogP contribution is 2.13. The number of aromatic nitrogens is 2. The number of amides is 1. The molecule has 3 rings (SSSR count). The highest BCUT2D eigenvalue weighted by atomic mass is 16.1. The summed E-state index contributed by atoms with van der Waals surface area (Å²) in [6.07, 6.45) is 5.42. The lowest BCUT2D eigenvalue weighted by Crippen LogP contribution is -2.20. The third kappa shape index (κ3) is 3.16. The van der Waals surface area contributed by atoms with E-state index in [-0.39, 0.29) is 5.91 Å². The number of carbonyl (C=O) groups excluding carboxylic acids is 1. The molecule has 0 saturated carbocycles. The number of imidazole rings is 1. The molecule has 2 heterocycles. The van der Waals surface area contributed by atoms with E-state index in [9.17, 15) is 4.79 Å². The molecule has 4 heteroatoms. The number of hydrogen-bond donors (Lipinski definition) is 1. The van der Waals surface area contributed by atoms with Gasteiger partial charge in [0.15, 0.2) is 0 Å². The van der Waals surface area contributed by atoms with Gasteiger partial charge in [-0.25, -0.2) is 4.98 Å². The molecule has 2 aromatic heterocycles. The zero-order valence-corrected chi connectivity index (χ0v) is 13.5. The quantitative estimate of drug-likeness (QED) is 0.802. The minimum absolute atomic E-state index is 0.165. The van der Waals surface area contributed by atoms with Gasteiger partial charge in [0.25, 0.3) is 5.91 Å². The van der Waals surface area contributed by atoms with Gasteiger partial charge < -0.3 is 5.32 Å². The Hall–Kier alpha value is -2.88. The number of rotatable bonds is 3. The average molecular weight is 305 g/mol. The molecule has 116 valence electrons. The third-order valence-electron chi connectivity index (χ3n) is 3.74. The number of benzene rings is 1. The molecule has 0 radical (unpaired) electrons. The molecule has 4 nitrogen and oxygen atoms in total. The molecule has 0 unspecified atom stereocenters. The number of nitrogens with one attached hydrogen (secondary N) is 1. The van der Waals surface area contributed by atoms with Crippen LogP contribution in [0.25, 0.3) is 11.7 Å². The van der Waals surface area contributed by atoms with Crippen molar-refractivity contribution < 1.29 is 4.79 Å². The molecule has 1 amide bonds. The summed E-state index contributed by atoms with van der Waals surface area (Å²) in [6, 6.07) is 12.0. The van der Waals surface area contributed by atoms with Gasteiger partial charge in [0.2, 0.25) is 0 Å². The van der Waals surface area contributed by atoms with Gasteiger partial charge in [0.05, 0.1) is 5.69 Å². The zero-order valence-electron chi connectivity index (χ0n) is 13.5. The minimum Gasteiger partial charge on any atom is -0.327 e. The van der Waals surface area contributed by atoms with Crippen LogP contribution in [0.3, 0.4) is 0 Å². The Morgan fingerprint density at radius 3 is 2.57 bits per heavy atom. The van der Waals surface area contributed by atoms with E-state index >= 15 is 0 Å². The summed E-state index contributed by atoms with van der Waals surface area (Å²) in [7, 11) is 0. The Kier molecular flexibility index (Phi) is 3.98. The molecule has 0 saturated heterocycles. The van der Waals surface area contributed by atoms with Gasteiger partial charge in [0, 0.05) is 12.4 Å². The van der Waals surface area contributed by atoms with Crippen molar-refractivity contribution in [3.63, 3.8) is 0 Å². The number of carbonyl (C=O) groups is 1. The fourth-order valence-electron chi connectivity index (χ4n) is 2.50. The predicted octanol–water partition coefficient (Wildman–Crippen LogP) is 3.66. The minimum atomic E-state index is -0.165. The highest BCUT2D eigenvalue weighted by Gasteiger charge is 2.15. The first-order valence-corrected chi connectivity index (χ1v) is 7.54. The van der Waals surface area contributed by atoms with Crippen LogP contribution in [-0.4, -0.2) is 15.3 Å². The third-order valence-corrected chi connectivity index (χ3v) is 3.74. The van der Waals surface area contributed by atoms with Crippen LogP contribution in [0.5, 0.6) is 0 Å². The molecule has 3 aromatic rings. The Morgan fingerprint density at radius 2 is 1.83 bits per heavy atom. The van der Waals surface area contributed by atoms with Crippen LogP contribution < -0.4 is 5.32 Å². The van der Waals surface area contributed by atoms with Gasteiger partial charge in [-0.1, -0.05) is 29.8 Å². The molecule has 0 atom stereocenters. The second-order valence-electron chi connectivity index (χ2n) is 5.70. The maximum absolute atomic E-state index is 12.4. The monoisotopic (exact) mass is 305 g/mol.